The van der Waals surface area contributed by atoms with Crippen LogP contribution in [0.4, 0.5) is 26.3 Å². The third-order valence-electron chi connectivity index (χ3n) is 3.10. The number of rotatable bonds is 8. The molecule has 0 spiro atoms. The van der Waals surface area contributed by atoms with Crippen LogP contribution in [0.2, 0.25) is 0 Å². The number of terminal acetylenes is 1. The van der Waals surface area contributed by atoms with Crippen molar-refractivity contribution >= 4 is 22.5 Å². The molecular formula is C26H41ClF6N2O4. The van der Waals surface area contributed by atoms with E-state index in [1.807, 2.05) is 19.8 Å². The van der Waals surface area contributed by atoms with E-state index in [2.05, 4.69) is 21.8 Å². The van der Waals surface area contributed by atoms with Crippen LogP contribution in [0.25, 0.3) is 0 Å². The van der Waals surface area contributed by atoms with Crippen molar-refractivity contribution < 1.29 is 45.3 Å². The van der Waals surface area contributed by atoms with Crippen LogP contribution in [0.15, 0.2) is 9.98 Å². The Kier molecular flexibility index (Phi) is 21.5. The maximum atomic E-state index is 12.8. The number of ether oxygens (including phenoxy) is 4. The Morgan fingerprint density at radius 1 is 0.692 bits per heavy atom. The largest absolute Gasteiger partial charge is 0.444 e. The van der Waals surface area contributed by atoms with Gasteiger partial charge in [-0.1, -0.05) is 11.6 Å². The van der Waals surface area contributed by atoms with Gasteiger partial charge in [0, 0.05) is 26.4 Å². The van der Waals surface area contributed by atoms with Crippen LogP contribution < -0.4 is 0 Å². The van der Waals surface area contributed by atoms with Crippen molar-refractivity contribution in [3.8, 4) is 24.2 Å². The molecule has 0 aliphatic heterocycles. The second-order valence-electron chi connectivity index (χ2n) is 9.12. The zero-order chi connectivity index (χ0) is 31.5. The van der Waals surface area contributed by atoms with Crippen LogP contribution in [0.3, 0.4) is 0 Å². The number of alkyl halides is 6. The summed E-state index contributed by atoms with van der Waals surface area (Å²) in [6, 6.07) is 0. The van der Waals surface area contributed by atoms with Crippen LogP contribution in [-0.4, -0.2) is 73.3 Å². The highest BCUT2D eigenvalue weighted by Gasteiger charge is 2.36. The molecule has 0 N–H and O–H groups in total. The molecule has 0 fully saturated rings. The van der Waals surface area contributed by atoms with Gasteiger partial charge in [0.2, 0.25) is 17.8 Å². The van der Waals surface area contributed by atoms with Gasteiger partial charge in [-0.25, -0.2) is 0 Å². The molecule has 0 saturated heterocycles. The van der Waals surface area contributed by atoms with Gasteiger partial charge in [0.25, 0.3) is 0 Å². The molecule has 0 aromatic heterocycles. The van der Waals surface area contributed by atoms with E-state index in [4.69, 9.17) is 37.0 Å². The molecule has 13 heteroatoms. The minimum atomic E-state index is -4.58. The highest BCUT2D eigenvalue weighted by Crippen LogP contribution is 2.23. The van der Waals surface area contributed by atoms with Gasteiger partial charge >= 0.3 is 12.4 Å². The standard InChI is InChI=1S/C13H20F3NO2.C7H12O2.C6H9ClF3N/c1-6-18-11(19-7-2)9-8-10(13(14,15)16)17-12(3,4)5;1-4-7(8-5-2)9-6-3;1-5(2,3)11-4(7)6(8,9)10/h11H,6-7H2,1-5H3;1,7H,5-6H2,2-3H3;1-3H3. The van der Waals surface area contributed by atoms with Crippen molar-refractivity contribution in [1.29, 1.82) is 0 Å². The quantitative estimate of drug-likeness (QED) is 0.129. The predicted molar refractivity (Wildman–Crippen MR) is 143 cm³/mol. The third kappa shape index (κ3) is 27.5. The molecule has 0 aliphatic carbocycles. The summed E-state index contributed by atoms with van der Waals surface area (Å²) in [5.41, 5.74) is -2.76. The summed E-state index contributed by atoms with van der Waals surface area (Å²) in [6.45, 7) is 18.3. The molecule has 0 amide bonds. The molecule has 228 valence electrons. The van der Waals surface area contributed by atoms with E-state index in [0.717, 1.165) is 0 Å². The molecule has 39 heavy (non-hydrogen) atoms. The van der Waals surface area contributed by atoms with E-state index >= 15 is 0 Å². The van der Waals surface area contributed by atoms with E-state index in [0.29, 0.717) is 26.4 Å². The second kappa shape index (κ2) is 20.1. The lowest BCUT2D eigenvalue weighted by atomic mass is 10.1. The zero-order valence-corrected chi connectivity index (χ0v) is 25.0. The Morgan fingerprint density at radius 2 is 1.05 bits per heavy atom. The summed E-state index contributed by atoms with van der Waals surface area (Å²) < 4.78 is 93.5. The van der Waals surface area contributed by atoms with E-state index in [1.54, 1.807) is 55.4 Å². The van der Waals surface area contributed by atoms with E-state index < -0.39 is 46.9 Å². The minimum Gasteiger partial charge on any atom is -0.342 e. The van der Waals surface area contributed by atoms with Gasteiger partial charge in [-0.15, -0.1) is 6.42 Å². The van der Waals surface area contributed by atoms with Crippen LogP contribution in [0.5, 0.6) is 0 Å². The molecule has 0 rings (SSSR count). The third-order valence-corrected chi connectivity index (χ3v) is 3.40. The van der Waals surface area contributed by atoms with Gasteiger partial charge in [-0.3, -0.25) is 9.98 Å². The Hall–Kier alpha value is -1.83. The summed E-state index contributed by atoms with van der Waals surface area (Å²) in [7, 11) is 0. The van der Waals surface area contributed by atoms with Gasteiger partial charge < -0.3 is 18.9 Å². The van der Waals surface area contributed by atoms with Gasteiger partial charge in [0.15, 0.2) is 5.71 Å². The molecule has 0 radical (unpaired) electrons. The average molecular weight is 595 g/mol. The normalized spacial score (nSPS) is 13.1. The minimum absolute atomic E-state index is 0.303. The molecule has 0 aromatic rings. The zero-order valence-electron chi connectivity index (χ0n) is 24.2. The summed E-state index contributed by atoms with van der Waals surface area (Å²) >= 11 is 4.87. The maximum Gasteiger partial charge on any atom is 0.444 e. The second-order valence-corrected chi connectivity index (χ2v) is 9.48. The molecule has 0 bridgehead atoms. The number of halogens is 7. The lowest BCUT2D eigenvalue weighted by Gasteiger charge is -2.15. The lowest BCUT2D eigenvalue weighted by molar-refractivity contribution is -0.0972. The summed E-state index contributed by atoms with van der Waals surface area (Å²) in [6.07, 6.45) is -5.48. The van der Waals surface area contributed by atoms with Gasteiger partial charge in [-0.2, -0.15) is 26.3 Å². The maximum absolute atomic E-state index is 12.8. The van der Waals surface area contributed by atoms with Crippen molar-refractivity contribution in [2.45, 2.75) is 105 Å². The first-order chi connectivity index (χ1) is 17.6. The molecule has 0 saturated carbocycles. The van der Waals surface area contributed by atoms with Crippen molar-refractivity contribution in [1.82, 2.24) is 0 Å². The van der Waals surface area contributed by atoms with Crippen molar-refractivity contribution in [3.05, 3.63) is 0 Å². The Labute approximate surface area is 233 Å². The Balaban J connectivity index is -0.000000549. The van der Waals surface area contributed by atoms with Crippen LogP contribution in [0, 0.1) is 24.2 Å². The summed E-state index contributed by atoms with van der Waals surface area (Å²) in [5.74, 6) is 6.68. The van der Waals surface area contributed by atoms with Crippen molar-refractivity contribution in [2.75, 3.05) is 26.4 Å². The lowest BCUT2D eigenvalue weighted by Crippen LogP contribution is -2.26. The SMILES string of the molecule is C#CC(OCC)OCC.CC(C)(C)N=C(Cl)C(F)(F)F.CCOC(C#CC(=NC(C)(C)C)C(F)(F)F)OCC. The van der Waals surface area contributed by atoms with Crippen LogP contribution >= 0.6 is 11.6 Å². The van der Waals surface area contributed by atoms with Crippen LogP contribution in [0.1, 0.15) is 69.2 Å². The number of nitrogens with zero attached hydrogens (tertiary/aromatic N) is 2. The summed E-state index contributed by atoms with van der Waals surface area (Å²) in [5, 5.41) is -1.30. The number of hydrogen-bond acceptors (Lipinski definition) is 6. The molecule has 0 unspecified atom stereocenters. The van der Waals surface area contributed by atoms with Gasteiger partial charge in [-0.05, 0) is 87.0 Å². The fraction of sp³-hybridized carbons (Fsp3) is 0.769. The highest BCUT2D eigenvalue weighted by atomic mass is 35.5. The van der Waals surface area contributed by atoms with Crippen molar-refractivity contribution in [3.63, 3.8) is 0 Å². The first-order valence-corrected chi connectivity index (χ1v) is 12.4. The molecule has 0 atom stereocenters. The summed E-state index contributed by atoms with van der Waals surface area (Å²) in [4.78, 5) is 6.82. The first-order valence-electron chi connectivity index (χ1n) is 12.0. The number of hydrogen-bond donors (Lipinski definition) is 0. The van der Waals surface area contributed by atoms with E-state index in [1.165, 1.54) is 0 Å². The smallest absolute Gasteiger partial charge is 0.342 e. The molecule has 0 aromatic carbocycles. The molecule has 0 heterocycles. The molecule has 6 nitrogen and oxygen atoms in total. The fourth-order valence-electron chi connectivity index (χ4n) is 1.86. The van der Waals surface area contributed by atoms with E-state index in [9.17, 15) is 26.3 Å². The molecular weight excluding hydrogens is 554 g/mol. The van der Waals surface area contributed by atoms with E-state index in [-0.39, 0.29) is 0 Å². The van der Waals surface area contributed by atoms with Crippen LogP contribution in [-0.2, 0) is 18.9 Å². The first kappa shape index (κ1) is 41.6. The van der Waals surface area contributed by atoms with Gasteiger partial charge in [0.05, 0.1) is 11.1 Å². The Morgan fingerprint density at radius 3 is 1.28 bits per heavy atom. The monoisotopic (exact) mass is 594 g/mol. The highest BCUT2D eigenvalue weighted by molar-refractivity contribution is 6.66. The Bertz CT molecular complexity index is 816. The fourth-order valence-corrected chi connectivity index (χ4v) is 2.12. The number of aliphatic imine (C=N–C) groups is 2. The van der Waals surface area contributed by atoms with Crippen molar-refractivity contribution in [2.24, 2.45) is 9.98 Å². The predicted octanol–water partition coefficient (Wildman–Crippen LogP) is 7.19. The average Bonchev–Trinajstić information content (AvgIpc) is 2.74. The van der Waals surface area contributed by atoms with Gasteiger partial charge in [0.1, 0.15) is 0 Å². The topological polar surface area (TPSA) is 61.6 Å². The molecule has 0 aliphatic rings.